The number of nitrogens with zero attached hydrogens (tertiary/aromatic N) is 1. The summed E-state index contributed by atoms with van der Waals surface area (Å²) < 4.78 is 0. The van der Waals surface area contributed by atoms with Crippen LogP contribution in [0.1, 0.15) is 37.5 Å². The molecular formula is C20H25N3. The van der Waals surface area contributed by atoms with Gasteiger partial charge in [0.2, 0.25) is 0 Å². The Bertz CT molecular complexity index is 747. The SMILES string of the molecule is C=C(C)/C(=N/N)c1cc(-c2ccc(C(C)(C)N)cc2)ccc1C. The summed E-state index contributed by atoms with van der Waals surface area (Å²) in [7, 11) is 0. The fraction of sp³-hybridized carbons (Fsp3) is 0.250. The van der Waals surface area contributed by atoms with Crippen molar-refractivity contribution < 1.29 is 0 Å². The van der Waals surface area contributed by atoms with Crippen molar-refractivity contribution in [2.75, 3.05) is 0 Å². The highest BCUT2D eigenvalue weighted by molar-refractivity contribution is 6.13. The lowest BCUT2D eigenvalue weighted by molar-refractivity contribution is 0.554. The smallest absolute Gasteiger partial charge is 0.0925 e. The number of benzene rings is 2. The summed E-state index contributed by atoms with van der Waals surface area (Å²) in [6.07, 6.45) is 0. The average molecular weight is 307 g/mol. The standard InChI is InChI=1S/C20H25N3/c1-13(2)19(23-22)18-12-16(7-6-14(18)3)15-8-10-17(11-9-15)20(4,5)21/h6-12H,1,21-22H2,2-5H3/b23-19-. The van der Waals surface area contributed by atoms with Gasteiger partial charge >= 0.3 is 0 Å². The van der Waals surface area contributed by atoms with E-state index >= 15 is 0 Å². The number of hydrogen-bond donors (Lipinski definition) is 2. The second-order valence-electron chi connectivity index (χ2n) is 6.59. The fourth-order valence-corrected chi connectivity index (χ4v) is 2.56. The number of rotatable bonds is 4. The number of aryl methyl sites for hydroxylation is 1. The minimum absolute atomic E-state index is 0.337. The summed E-state index contributed by atoms with van der Waals surface area (Å²) in [5.41, 5.74) is 12.9. The van der Waals surface area contributed by atoms with Gasteiger partial charge in [0.1, 0.15) is 0 Å². The third-order valence-electron chi connectivity index (χ3n) is 3.99. The van der Waals surface area contributed by atoms with Crippen molar-refractivity contribution in [2.45, 2.75) is 33.2 Å². The first-order chi connectivity index (χ1) is 10.7. The average Bonchev–Trinajstić information content (AvgIpc) is 2.49. The molecule has 3 heteroatoms. The zero-order valence-electron chi connectivity index (χ0n) is 14.4. The molecule has 4 N–H and O–H groups in total. The monoisotopic (exact) mass is 307 g/mol. The topological polar surface area (TPSA) is 64.4 Å². The summed E-state index contributed by atoms with van der Waals surface area (Å²) in [4.78, 5) is 0. The molecule has 0 heterocycles. The normalized spacial score (nSPS) is 12.3. The van der Waals surface area contributed by atoms with Crippen molar-refractivity contribution >= 4 is 5.71 Å². The maximum absolute atomic E-state index is 6.14. The highest BCUT2D eigenvalue weighted by Gasteiger charge is 2.14. The molecule has 0 saturated heterocycles. The Kier molecular flexibility index (Phi) is 4.71. The van der Waals surface area contributed by atoms with E-state index in [0.29, 0.717) is 0 Å². The minimum Gasteiger partial charge on any atom is -0.323 e. The third-order valence-corrected chi connectivity index (χ3v) is 3.99. The predicted octanol–water partition coefficient (Wildman–Crippen LogP) is 4.09. The first kappa shape index (κ1) is 17.0. The maximum atomic E-state index is 6.14. The highest BCUT2D eigenvalue weighted by atomic mass is 15.1. The van der Waals surface area contributed by atoms with Crippen molar-refractivity contribution in [1.29, 1.82) is 0 Å². The van der Waals surface area contributed by atoms with Gasteiger partial charge in [0.15, 0.2) is 0 Å². The molecule has 3 nitrogen and oxygen atoms in total. The number of allylic oxidation sites excluding steroid dienone is 1. The molecule has 2 aromatic carbocycles. The van der Waals surface area contributed by atoms with Crippen LogP contribution in [0.4, 0.5) is 0 Å². The van der Waals surface area contributed by atoms with Crippen LogP contribution in [0, 0.1) is 6.92 Å². The summed E-state index contributed by atoms with van der Waals surface area (Å²) in [6, 6.07) is 14.6. The van der Waals surface area contributed by atoms with Gasteiger partial charge in [-0.1, -0.05) is 43.0 Å². The highest BCUT2D eigenvalue weighted by Crippen LogP contribution is 2.26. The molecule has 0 fully saturated rings. The van der Waals surface area contributed by atoms with E-state index in [2.05, 4.69) is 54.1 Å². The van der Waals surface area contributed by atoms with Crippen LogP contribution in [-0.4, -0.2) is 5.71 Å². The molecule has 0 aromatic heterocycles. The summed E-state index contributed by atoms with van der Waals surface area (Å²) >= 11 is 0. The van der Waals surface area contributed by atoms with Crippen LogP contribution in [0.2, 0.25) is 0 Å². The number of hydrogen-bond acceptors (Lipinski definition) is 3. The molecule has 0 aliphatic rings. The molecule has 2 aromatic rings. The van der Waals surface area contributed by atoms with Gasteiger partial charge in [-0.05, 0) is 61.6 Å². The van der Waals surface area contributed by atoms with Crippen LogP contribution < -0.4 is 11.6 Å². The molecular weight excluding hydrogens is 282 g/mol. The Labute approximate surface area is 138 Å². The second-order valence-corrected chi connectivity index (χ2v) is 6.59. The predicted molar refractivity (Wildman–Crippen MR) is 99.4 cm³/mol. The van der Waals surface area contributed by atoms with E-state index in [1.54, 1.807) is 0 Å². The Morgan fingerprint density at radius 3 is 2.09 bits per heavy atom. The first-order valence-electron chi connectivity index (χ1n) is 7.68. The number of hydrazone groups is 1. The molecule has 0 amide bonds. The van der Waals surface area contributed by atoms with E-state index in [1.165, 1.54) is 0 Å². The van der Waals surface area contributed by atoms with Crippen LogP contribution in [-0.2, 0) is 5.54 Å². The fourth-order valence-electron chi connectivity index (χ4n) is 2.56. The second kappa shape index (κ2) is 6.39. The van der Waals surface area contributed by atoms with Crippen LogP contribution in [0.3, 0.4) is 0 Å². The maximum Gasteiger partial charge on any atom is 0.0925 e. The molecule has 0 radical (unpaired) electrons. The van der Waals surface area contributed by atoms with Gasteiger partial charge in [0.25, 0.3) is 0 Å². The lowest BCUT2D eigenvalue weighted by atomic mass is 9.91. The molecule has 0 spiro atoms. The van der Waals surface area contributed by atoms with E-state index in [0.717, 1.165) is 39.1 Å². The van der Waals surface area contributed by atoms with Crippen LogP contribution in [0.15, 0.2) is 59.7 Å². The lowest BCUT2D eigenvalue weighted by Gasteiger charge is -2.19. The molecule has 120 valence electrons. The molecule has 2 rings (SSSR count). The number of nitrogens with two attached hydrogens (primary N) is 2. The molecule has 0 aliphatic heterocycles. The van der Waals surface area contributed by atoms with Crippen molar-refractivity contribution in [3.63, 3.8) is 0 Å². The first-order valence-corrected chi connectivity index (χ1v) is 7.68. The van der Waals surface area contributed by atoms with Crippen molar-refractivity contribution in [2.24, 2.45) is 16.7 Å². The van der Waals surface area contributed by atoms with E-state index in [-0.39, 0.29) is 5.54 Å². The van der Waals surface area contributed by atoms with Gasteiger partial charge in [-0.3, -0.25) is 0 Å². The lowest BCUT2D eigenvalue weighted by Crippen LogP contribution is -2.28. The molecule has 0 unspecified atom stereocenters. The summed E-state index contributed by atoms with van der Waals surface area (Å²) in [5, 5.41) is 3.90. The van der Waals surface area contributed by atoms with Gasteiger partial charge in [-0.25, -0.2) is 0 Å². The van der Waals surface area contributed by atoms with Crippen molar-refractivity contribution in [1.82, 2.24) is 0 Å². The Balaban J connectivity index is 2.47. The largest absolute Gasteiger partial charge is 0.323 e. The van der Waals surface area contributed by atoms with Crippen molar-refractivity contribution in [3.05, 3.63) is 71.3 Å². The van der Waals surface area contributed by atoms with Crippen LogP contribution in [0.25, 0.3) is 11.1 Å². The van der Waals surface area contributed by atoms with Gasteiger partial charge in [0.05, 0.1) is 5.71 Å². The molecule has 0 atom stereocenters. The third kappa shape index (κ3) is 3.69. The zero-order chi connectivity index (χ0) is 17.2. The van der Waals surface area contributed by atoms with Gasteiger partial charge in [0, 0.05) is 11.1 Å². The van der Waals surface area contributed by atoms with Crippen LogP contribution >= 0.6 is 0 Å². The zero-order valence-corrected chi connectivity index (χ0v) is 14.4. The van der Waals surface area contributed by atoms with E-state index in [9.17, 15) is 0 Å². The van der Waals surface area contributed by atoms with Crippen LogP contribution in [0.5, 0.6) is 0 Å². The molecule has 23 heavy (non-hydrogen) atoms. The van der Waals surface area contributed by atoms with Gasteiger partial charge < -0.3 is 11.6 Å². The van der Waals surface area contributed by atoms with Crippen molar-refractivity contribution in [3.8, 4) is 11.1 Å². The molecule has 0 bridgehead atoms. The van der Waals surface area contributed by atoms with E-state index in [1.807, 2.05) is 27.7 Å². The molecule has 0 aliphatic carbocycles. The van der Waals surface area contributed by atoms with Gasteiger partial charge in [-0.2, -0.15) is 5.10 Å². The van der Waals surface area contributed by atoms with Gasteiger partial charge in [-0.15, -0.1) is 0 Å². The summed E-state index contributed by atoms with van der Waals surface area (Å²) in [5.74, 6) is 5.54. The Hall–Kier alpha value is -2.39. The molecule has 0 saturated carbocycles. The summed E-state index contributed by atoms with van der Waals surface area (Å²) in [6.45, 7) is 11.9. The van der Waals surface area contributed by atoms with E-state index in [4.69, 9.17) is 11.6 Å². The Morgan fingerprint density at radius 2 is 1.61 bits per heavy atom. The minimum atomic E-state index is -0.337. The quantitative estimate of drug-likeness (QED) is 0.507. The van der Waals surface area contributed by atoms with E-state index < -0.39 is 0 Å². The Morgan fingerprint density at radius 1 is 1.04 bits per heavy atom.